The molecule has 0 unspecified atom stereocenters. The Hall–Kier alpha value is -3.22. The first-order valence-electron chi connectivity index (χ1n) is 8.82. The summed E-state index contributed by atoms with van der Waals surface area (Å²) >= 11 is 12.2. The summed E-state index contributed by atoms with van der Waals surface area (Å²) in [7, 11) is 2.99. The number of carbonyl (C=O) groups is 2. The smallest absolute Gasteiger partial charge is 0.256 e. The van der Waals surface area contributed by atoms with Crippen molar-refractivity contribution in [1.82, 2.24) is 0 Å². The van der Waals surface area contributed by atoms with Gasteiger partial charge in [0, 0.05) is 0 Å². The van der Waals surface area contributed by atoms with Crippen LogP contribution in [0, 0.1) is 0 Å². The summed E-state index contributed by atoms with van der Waals surface area (Å²) in [6.45, 7) is 0. The molecule has 0 aliphatic carbocycles. The Morgan fingerprint density at radius 2 is 1.07 bits per heavy atom. The second-order valence-corrected chi connectivity index (χ2v) is 6.94. The topological polar surface area (TPSA) is 76.7 Å². The third-order valence-electron chi connectivity index (χ3n) is 4.26. The van der Waals surface area contributed by atoms with Gasteiger partial charge >= 0.3 is 0 Å². The van der Waals surface area contributed by atoms with E-state index in [0.717, 1.165) is 0 Å². The molecule has 0 radical (unpaired) electrons. The van der Waals surface area contributed by atoms with E-state index < -0.39 is 11.8 Å². The number of amides is 2. The minimum absolute atomic E-state index is 0.0581. The lowest BCUT2D eigenvalue weighted by Gasteiger charge is -2.15. The van der Waals surface area contributed by atoms with Crippen molar-refractivity contribution < 1.29 is 19.1 Å². The Morgan fingerprint density at radius 1 is 0.700 bits per heavy atom. The Kier molecular flexibility index (Phi) is 6.82. The number of hydrogen-bond donors (Lipinski definition) is 2. The number of hydrogen-bond acceptors (Lipinski definition) is 4. The normalized spacial score (nSPS) is 10.3. The molecule has 3 rings (SSSR count). The molecule has 0 atom stereocenters. The van der Waals surface area contributed by atoms with Crippen molar-refractivity contribution in [3.8, 4) is 11.5 Å². The van der Waals surface area contributed by atoms with Gasteiger partial charge in [0.1, 0.15) is 11.5 Å². The molecule has 154 valence electrons. The predicted octanol–water partition coefficient (Wildman–Crippen LogP) is 5.52. The summed E-state index contributed by atoms with van der Waals surface area (Å²) < 4.78 is 10.5. The number of rotatable bonds is 6. The molecule has 0 spiro atoms. The molecule has 0 aliphatic heterocycles. The van der Waals surface area contributed by atoms with Crippen LogP contribution in [0.25, 0.3) is 0 Å². The summed E-state index contributed by atoms with van der Waals surface area (Å²) in [4.78, 5) is 25.9. The van der Waals surface area contributed by atoms with E-state index in [1.807, 2.05) is 0 Å². The van der Waals surface area contributed by atoms with Gasteiger partial charge in [-0.25, -0.2) is 0 Å². The maximum Gasteiger partial charge on any atom is 0.256 e. The fourth-order valence-electron chi connectivity index (χ4n) is 2.80. The predicted molar refractivity (Wildman–Crippen MR) is 118 cm³/mol. The summed E-state index contributed by atoms with van der Waals surface area (Å²) in [6, 6.07) is 16.5. The van der Waals surface area contributed by atoms with Crippen molar-refractivity contribution in [2.24, 2.45) is 0 Å². The summed E-state index contributed by atoms with van der Waals surface area (Å²) in [5.74, 6) is -0.122. The first-order chi connectivity index (χ1) is 14.4. The van der Waals surface area contributed by atoms with Gasteiger partial charge in [0.25, 0.3) is 11.8 Å². The minimum atomic E-state index is -0.539. The highest BCUT2D eigenvalue weighted by molar-refractivity contribution is 6.42. The summed E-state index contributed by atoms with van der Waals surface area (Å²) in [6.07, 6.45) is 0. The zero-order chi connectivity index (χ0) is 21.7. The highest BCUT2D eigenvalue weighted by Gasteiger charge is 2.21. The highest BCUT2D eigenvalue weighted by atomic mass is 35.5. The van der Waals surface area contributed by atoms with Crippen LogP contribution < -0.4 is 20.1 Å². The quantitative estimate of drug-likeness (QED) is 0.524. The molecule has 0 aromatic heterocycles. The molecule has 0 saturated heterocycles. The molecule has 0 heterocycles. The molecule has 0 aliphatic rings. The number of ether oxygens (including phenoxy) is 2. The van der Waals surface area contributed by atoms with Crippen molar-refractivity contribution >= 4 is 46.4 Å². The average molecular weight is 445 g/mol. The van der Waals surface area contributed by atoms with E-state index in [0.29, 0.717) is 22.9 Å². The number of carbonyl (C=O) groups excluding carboxylic acids is 2. The van der Waals surface area contributed by atoms with Crippen LogP contribution in [0.2, 0.25) is 10.0 Å². The van der Waals surface area contributed by atoms with Crippen LogP contribution in [0.5, 0.6) is 11.5 Å². The van der Waals surface area contributed by atoms with Gasteiger partial charge in [-0.2, -0.15) is 0 Å². The first kappa shape index (κ1) is 21.5. The van der Waals surface area contributed by atoms with Gasteiger partial charge in [0.2, 0.25) is 0 Å². The van der Waals surface area contributed by atoms with E-state index in [2.05, 4.69) is 10.6 Å². The number of halogens is 2. The van der Waals surface area contributed by atoms with Gasteiger partial charge < -0.3 is 20.1 Å². The third kappa shape index (κ3) is 4.67. The number of benzene rings is 3. The zero-order valence-corrected chi connectivity index (χ0v) is 17.7. The number of anilines is 2. The van der Waals surface area contributed by atoms with Gasteiger partial charge in [-0.3, -0.25) is 9.59 Å². The van der Waals surface area contributed by atoms with Crippen LogP contribution in [-0.4, -0.2) is 26.0 Å². The molecule has 30 heavy (non-hydrogen) atoms. The Balaban J connectivity index is 1.96. The van der Waals surface area contributed by atoms with Crippen LogP contribution >= 0.6 is 23.2 Å². The molecule has 0 fully saturated rings. The van der Waals surface area contributed by atoms with E-state index in [4.69, 9.17) is 32.7 Å². The van der Waals surface area contributed by atoms with Crippen LogP contribution in [0.15, 0.2) is 60.7 Å². The van der Waals surface area contributed by atoms with Gasteiger partial charge in [0.05, 0.1) is 46.8 Å². The lowest BCUT2D eigenvalue weighted by molar-refractivity contribution is 0.0990. The molecule has 0 bridgehead atoms. The fraction of sp³-hybridized carbons (Fsp3) is 0.0909. The standard InChI is InChI=1S/C22H18Cl2N2O4/c1-29-19-9-5-3-7-17(19)25-21(27)13-11-15(23)16(24)12-14(13)22(28)26-18-8-4-6-10-20(18)30-2/h3-12H,1-2H3,(H,25,27)(H,26,28). The Labute approximate surface area is 183 Å². The first-order valence-corrected chi connectivity index (χ1v) is 9.58. The maximum absolute atomic E-state index is 13.0. The molecule has 0 saturated carbocycles. The van der Waals surface area contributed by atoms with E-state index in [1.54, 1.807) is 48.5 Å². The number of nitrogens with one attached hydrogen (secondary N) is 2. The molecule has 3 aromatic carbocycles. The fourth-order valence-corrected chi connectivity index (χ4v) is 3.12. The SMILES string of the molecule is COc1ccccc1NC(=O)c1cc(Cl)c(Cl)cc1C(=O)Nc1ccccc1OC. The van der Waals surface area contributed by atoms with Gasteiger partial charge in [-0.15, -0.1) is 0 Å². The van der Waals surface area contributed by atoms with E-state index >= 15 is 0 Å². The molecular formula is C22H18Cl2N2O4. The van der Waals surface area contributed by atoms with E-state index in [-0.39, 0.29) is 21.2 Å². The van der Waals surface area contributed by atoms with Gasteiger partial charge in [-0.1, -0.05) is 47.5 Å². The number of methoxy groups -OCH3 is 2. The van der Waals surface area contributed by atoms with Crippen LogP contribution in [0.1, 0.15) is 20.7 Å². The molecule has 8 heteroatoms. The van der Waals surface area contributed by atoms with Crippen molar-refractivity contribution in [2.45, 2.75) is 0 Å². The van der Waals surface area contributed by atoms with Crippen molar-refractivity contribution in [3.05, 3.63) is 81.8 Å². The molecule has 6 nitrogen and oxygen atoms in total. The lowest BCUT2D eigenvalue weighted by atomic mass is 10.1. The summed E-state index contributed by atoms with van der Waals surface area (Å²) in [5, 5.41) is 5.77. The molecular weight excluding hydrogens is 427 g/mol. The number of para-hydroxylation sites is 4. The Morgan fingerprint density at radius 3 is 1.43 bits per heavy atom. The van der Waals surface area contributed by atoms with Crippen molar-refractivity contribution in [3.63, 3.8) is 0 Å². The van der Waals surface area contributed by atoms with Crippen molar-refractivity contribution in [1.29, 1.82) is 0 Å². The summed E-state index contributed by atoms with van der Waals surface area (Å²) in [5.41, 5.74) is 1.02. The molecule has 2 amide bonds. The van der Waals surface area contributed by atoms with Crippen LogP contribution in [-0.2, 0) is 0 Å². The zero-order valence-electron chi connectivity index (χ0n) is 16.2. The van der Waals surface area contributed by atoms with E-state index in [1.165, 1.54) is 26.4 Å². The lowest BCUT2D eigenvalue weighted by Crippen LogP contribution is -2.21. The van der Waals surface area contributed by atoms with Crippen molar-refractivity contribution in [2.75, 3.05) is 24.9 Å². The van der Waals surface area contributed by atoms with Gasteiger partial charge in [-0.05, 0) is 36.4 Å². The third-order valence-corrected chi connectivity index (χ3v) is 4.98. The minimum Gasteiger partial charge on any atom is -0.495 e. The van der Waals surface area contributed by atoms with Crippen LogP contribution in [0.3, 0.4) is 0 Å². The largest absolute Gasteiger partial charge is 0.495 e. The van der Waals surface area contributed by atoms with Crippen LogP contribution in [0.4, 0.5) is 11.4 Å². The second-order valence-electron chi connectivity index (χ2n) is 6.12. The van der Waals surface area contributed by atoms with E-state index in [9.17, 15) is 9.59 Å². The second kappa shape index (κ2) is 9.52. The average Bonchev–Trinajstić information content (AvgIpc) is 2.76. The molecule has 3 aromatic rings. The maximum atomic E-state index is 13.0. The Bertz CT molecular complexity index is 1020. The highest BCUT2D eigenvalue weighted by Crippen LogP contribution is 2.30. The van der Waals surface area contributed by atoms with Gasteiger partial charge in [0.15, 0.2) is 0 Å². The monoisotopic (exact) mass is 444 g/mol. The molecule has 2 N–H and O–H groups in total.